The van der Waals surface area contributed by atoms with Crippen molar-refractivity contribution in [1.82, 2.24) is 5.32 Å². The summed E-state index contributed by atoms with van der Waals surface area (Å²) in [6, 6.07) is 11.5. The number of aryl methyl sites for hydroxylation is 3. The Bertz CT molecular complexity index is 902. The average molecular weight is 396 g/mol. The minimum atomic E-state index is -0.210. The molecule has 3 rings (SSSR count). The minimum Gasteiger partial charge on any atom is -0.495 e. The van der Waals surface area contributed by atoms with Crippen LogP contribution in [0.4, 0.5) is 5.69 Å². The number of carbonyl (C=O) groups is 1. The molecule has 1 aliphatic rings. The molecule has 0 spiro atoms. The Labute approximate surface area is 172 Å². The van der Waals surface area contributed by atoms with Crippen LogP contribution in [0.5, 0.6) is 5.75 Å². The van der Waals surface area contributed by atoms with E-state index in [4.69, 9.17) is 9.47 Å². The van der Waals surface area contributed by atoms with Gasteiger partial charge in [-0.05, 0) is 74.6 Å². The van der Waals surface area contributed by atoms with Crippen LogP contribution in [0.2, 0.25) is 0 Å². The van der Waals surface area contributed by atoms with Crippen LogP contribution in [-0.2, 0) is 4.74 Å². The highest BCUT2D eigenvalue weighted by Gasteiger charge is 2.17. The van der Waals surface area contributed by atoms with Gasteiger partial charge in [-0.15, -0.1) is 0 Å². The molecule has 1 saturated heterocycles. The number of amides is 1. The highest BCUT2D eigenvalue weighted by molar-refractivity contribution is 6.10. The standard InChI is InChI=1S/C23H29N3O3/c1-15-7-10-21(28-4)20(12-15)25-23(24-14-19-6-5-11-29-19)26-22(27)18-9-8-16(2)17(3)13-18/h7-10,12-13,19H,5-6,11,14H2,1-4H3,(H2,24,25,26,27)/t19-/m1/s1. The van der Waals surface area contributed by atoms with Crippen LogP contribution in [0.15, 0.2) is 41.4 Å². The van der Waals surface area contributed by atoms with Gasteiger partial charge in [-0.25, -0.2) is 4.99 Å². The molecule has 2 aromatic carbocycles. The quantitative estimate of drug-likeness (QED) is 0.593. The van der Waals surface area contributed by atoms with E-state index in [2.05, 4.69) is 15.6 Å². The summed E-state index contributed by atoms with van der Waals surface area (Å²) in [7, 11) is 1.62. The number of aliphatic imine (C=N–C) groups is 1. The maximum Gasteiger partial charge on any atom is 0.257 e. The van der Waals surface area contributed by atoms with Crippen molar-refractivity contribution in [2.45, 2.75) is 39.7 Å². The van der Waals surface area contributed by atoms with E-state index in [0.717, 1.165) is 41.8 Å². The van der Waals surface area contributed by atoms with Gasteiger partial charge < -0.3 is 14.8 Å². The van der Waals surface area contributed by atoms with Crippen molar-refractivity contribution in [3.63, 3.8) is 0 Å². The normalized spacial score (nSPS) is 16.6. The lowest BCUT2D eigenvalue weighted by molar-refractivity contribution is 0.0975. The Hall–Kier alpha value is -2.86. The van der Waals surface area contributed by atoms with Gasteiger partial charge in [0.05, 0.1) is 25.4 Å². The Morgan fingerprint density at radius 1 is 1.17 bits per heavy atom. The first-order valence-corrected chi connectivity index (χ1v) is 9.92. The zero-order valence-electron chi connectivity index (χ0n) is 17.5. The number of guanidine groups is 1. The summed E-state index contributed by atoms with van der Waals surface area (Å²) in [5, 5.41) is 6.14. The number of nitrogens with one attached hydrogen (secondary N) is 2. The first-order chi connectivity index (χ1) is 14.0. The number of rotatable bonds is 5. The molecule has 0 saturated carbocycles. The number of hydrogen-bond donors (Lipinski definition) is 2. The number of ether oxygens (including phenoxy) is 2. The Morgan fingerprint density at radius 2 is 2.00 bits per heavy atom. The van der Waals surface area contributed by atoms with Crippen LogP contribution < -0.4 is 15.4 Å². The van der Waals surface area contributed by atoms with Gasteiger partial charge >= 0.3 is 0 Å². The van der Waals surface area contributed by atoms with Gasteiger partial charge in [0.15, 0.2) is 0 Å². The lowest BCUT2D eigenvalue weighted by Crippen LogP contribution is -2.37. The monoisotopic (exact) mass is 395 g/mol. The fraction of sp³-hybridized carbons (Fsp3) is 0.391. The maximum absolute atomic E-state index is 12.8. The number of anilines is 1. The SMILES string of the molecule is COc1ccc(C)cc1NC(=NC[C@H]1CCCO1)NC(=O)c1ccc(C)c(C)c1. The van der Waals surface area contributed by atoms with E-state index in [-0.39, 0.29) is 12.0 Å². The van der Waals surface area contributed by atoms with Crippen molar-refractivity contribution >= 4 is 17.6 Å². The van der Waals surface area contributed by atoms with E-state index in [9.17, 15) is 4.79 Å². The first kappa shape index (κ1) is 20.9. The Balaban J connectivity index is 1.82. The Morgan fingerprint density at radius 3 is 2.69 bits per heavy atom. The van der Waals surface area contributed by atoms with Gasteiger partial charge in [-0.2, -0.15) is 0 Å². The lowest BCUT2D eigenvalue weighted by atomic mass is 10.1. The Kier molecular flexibility index (Phi) is 6.88. The van der Waals surface area contributed by atoms with Crippen LogP contribution in [0, 0.1) is 20.8 Å². The topological polar surface area (TPSA) is 71.9 Å². The van der Waals surface area contributed by atoms with E-state index < -0.39 is 0 Å². The molecule has 0 radical (unpaired) electrons. The third kappa shape index (κ3) is 5.57. The molecule has 1 amide bonds. The number of nitrogens with zero attached hydrogens (tertiary/aromatic N) is 1. The minimum absolute atomic E-state index is 0.0877. The summed E-state index contributed by atoms with van der Waals surface area (Å²) in [6.45, 7) is 7.28. The van der Waals surface area contributed by atoms with E-state index in [1.54, 1.807) is 7.11 Å². The molecule has 1 heterocycles. The largest absolute Gasteiger partial charge is 0.495 e. The predicted molar refractivity (Wildman–Crippen MR) is 116 cm³/mol. The van der Waals surface area contributed by atoms with Crippen molar-refractivity contribution in [3.8, 4) is 5.75 Å². The van der Waals surface area contributed by atoms with E-state index in [0.29, 0.717) is 23.8 Å². The van der Waals surface area contributed by atoms with Gasteiger partial charge in [0, 0.05) is 12.2 Å². The van der Waals surface area contributed by atoms with Gasteiger partial charge in [0.2, 0.25) is 5.96 Å². The second-order valence-electron chi connectivity index (χ2n) is 7.41. The lowest BCUT2D eigenvalue weighted by Gasteiger charge is -2.16. The van der Waals surface area contributed by atoms with Crippen molar-refractivity contribution in [1.29, 1.82) is 0 Å². The summed E-state index contributed by atoms with van der Waals surface area (Å²) < 4.78 is 11.1. The van der Waals surface area contributed by atoms with E-state index in [1.165, 1.54) is 0 Å². The molecular weight excluding hydrogens is 366 g/mol. The molecule has 1 fully saturated rings. The van der Waals surface area contributed by atoms with Gasteiger partial charge in [-0.3, -0.25) is 10.1 Å². The molecule has 1 aliphatic heterocycles. The van der Waals surface area contributed by atoms with Crippen LogP contribution in [0.1, 0.15) is 39.9 Å². The van der Waals surface area contributed by atoms with Gasteiger partial charge in [-0.1, -0.05) is 12.1 Å². The second-order valence-corrected chi connectivity index (χ2v) is 7.41. The smallest absolute Gasteiger partial charge is 0.257 e. The molecule has 0 aromatic heterocycles. The van der Waals surface area contributed by atoms with Crippen molar-refractivity contribution in [2.24, 2.45) is 4.99 Å². The van der Waals surface area contributed by atoms with Gasteiger partial charge in [0.1, 0.15) is 5.75 Å². The highest BCUT2D eigenvalue weighted by atomic mass is 16.5. The molecule has 1 atom stereocenters. The highest BCUT2D eigenvalue weighted by Crippen LogP contribution is 2.25. The molecule has 6 heteroatoms. The van der Waals surface area contributed by atoms with E-state index >= 15 is 0 Å². The molecule has 2 aromatic rings. The van der Waals surface area contributed by atoms with Crippen molar-refractivity contribution in [3.05, 3.63) is 58.7 Å². The van der Waals surface area contributed by atoms with Crippen molar-refractivity contribution in [2.75, 3.05) is 25.6 Å². The third-order valence-electron chi connectivity index (χ3n) is 5.09. The molecule has 154 valence electrons. The summed E-state index contributed by atoms with van der Waals surface area (Å²) in [6.07, 6.45) is 2.11. The average Bonchev–Trinajstić information content (AvgIpc) is 3.22. The number of benzene rings is 2. The third-order valence-corrected chi connectivity index (χ3v) is 5.09. The second kappa shape index (κ2) is 9.56. The fourth-order valence-corrected chi connectivity index (χ4v) is 3.20. The molecule has 6 nitrogen and oxygen atoms in total. The van der Waals surface area contributed by atoms with E-state index in [1.807, 2.05) is 57.2 Å². The molecular formula is C23H29N3O3. The number of carbonyl (C=O) groups excluding carboxylic acids is 1. The zero-order valence-corrected chi connectivity index (χ0v) is 17.5. The first-order valence-electron chi connectivity index (χ1n) is 9.92. The summed E-state index contributed by atoms with van der Waals surface area (Å²) in [5.41, 5.74) is 4.64. The molecule has 29 heavy (non-hydrogen) atoms. The summed E-state index contributed by atoms with van der Waals surface area (Å²) >= 11 is 0. The van der Waals surface area contributed by atoms with Crippen LogP contribution in [-0.4, -0.2) is 38.2 Å². The number of hydrogen-bond acceptors (Lipinski definition) is 4. The summed E-state index contributed by atoms with van der Waals surface area (Å²) in [5.74, 6) is 0.854. The molecule has 0 bridgehead atoms. The van der Waals surface area contributed by atoms with Crippen LogP contribution >= 0.6 is 0 Å². The van der Waals surface area contributed by atoms with Gasteiger partial charge in [0.25, 0.3) is 5.91 Å². The van der Waals surface area contributed by atoms with Crippen molar-refractivity contribution < 1.29 is 14.3 Å². The maximum atomic E-state index is 12.8. The van der Waals surface area contributed by atoms with Crippen LogP contribution in [0.25, 0.3) is 0 Å². The molecule has 0 unspecified atom stereocenters. The summed E-state index contributed by atoms with van der Waals surface area (Å²) in [4.78, 5) is 17.4. The zero-order chi connectivity index (χ0) is 20.8. The fourth-order valence-electron chi connectivity index (χ4n) is 3.20. The molecule has 2 N–H and O–H groups in total. The van der Waals surface area contributed by atoms with Crippen LogP contribution in [0.3, 0.4) is 0 Å². The molecule has 0 aliphatic carbocycles. The predicted octanol–water partition coefficient (Wildman–Crippen LogP) is 4.00. The number of methoxy groups -OCH3 is 1.